The minimum absolute atomic E-state index is 0.117. The molecular formula is C13H19N3O4S. The third kappa shape index (κ3) is 3.11. The summed E-state index contributed by atoms with van der Waals surface area (Å²) in [7, 11) is -3.12. The van der Waals surface area contributed by atoms with Gasteiger partial charge in [0.05, 0.1) is 12.5 Å². The number of aromatic nitrogens is 1. The van der Waals surface area contributed by atoms with Gasteiger partial charge in [-0.05, 0) is 30.6 Å². The molecule has 2 fully saturated rings. The van der Waals surface area contributed by atoms with Crippen molar-refractivity contribution in [2.75, 3.05) is 25.9 Å². The van der Waals surface area contributed by atoms with Crippen molar-refractivity contribution in [1.82, 2.24) is 14.8 Å². The average molecular weight is 313 g/mol. The average Bonchev–Trinajstić information content (AvgIpc) is 2.88. The normalized spacial score (nSPS) is 24.2. The smallest absolute Gasteiger partial charge is 0.292 e. The van der Waals surface area contributed by atoms with Crippen LogP contribution in [0.25, 0.3) is 0 Å². The SMILES string of the molecule is CS(=O)(=O)NC[C@@H]1CC12CCN(C(=O)c1ccno1)CC2. The van der Waals surface area contributed by atoms with Crippen molar-refractivity contribution >= 4 is 15.9 Å². The molecule has 2 aliphatic rings. The molecule has 2 heterocycles. The number of carbonyl (C=O) groups is 1. The lowest BCUT2D eigenvalue weighted by Crippen LogP contribution is -2.40. The van der Waals surface area contributed by atoms with E-state index in [9.17, 15) is 13.2 Å². The number of nitrogens with zero attached hydrogens (tertiary/aromatic N) is 2. The number of rotatable bonds is 4. The molecule has 7 nitrogen and oxygen atoms in total. The van der Waals surface area contributed by atoms with Gasteiger partial charge in [-0.2, -0.15) is 0 Å². The first kappa shape index (κ1) is 14.5. The number of nitrogens with one attached hydrogen (secondary N) is 1. The molecule has 0 aromatic carbocycles. The zero-order valence-electron chi connectivity index (χ0n) is 11.9. The minimum Gasteiger partial charge on any atom is -0.351 e. The maximum absolute atomic E-state index is 12.1. The molecule has 1 atom stereocenters. The first-order chi connectivity index (χ1) is 9.90. The molecule has 0 unspecified atom stereocenters. The quantitative estimate of drug-likeness (QED) is 0.872. The summed E-state index contributed by atoms with van der Waals surface area (Å²) in [5, 5.41) is 3.55. The second-order valence-electron chi connectivity index (χ2n) is 6.05. The maximum atomic E-state index is 12.1. The van der Waals surface area contributed by atoms with Crippen molar-refractivity contribution in [2.24, 2.45) is 11.3 Å². The van der Waals surface area contributed by atoms with E-state index in [1.54, 1.807) is 11.0 Å². The van der Waals surface area contributed by atoms with Crippen LogP contribution < -0.4 is 4.72 Å². The molecule has 1 aliphatic carbocycles. The van der Waals surface area contributed by atoms with Gasteiger partial charge in [-0.1, -0.05) is 5.16 Å². The number of piperidine rings is 1. The second kappa shape index (κ2) is 5.10. The number of hydrogen-bond donors (Lipinski definition) is 1. The number of hydrogen-bond acceptors (Lipinski definition) is 5. The number of amides is 1. The van der Waals surface area contributed by atoms with Gasteiger partial charge in [0.2, 0.25) is 15.8 Å². The third-order valence-corrected chi connectivity index (χ3v) is 5.34. The predicted octanol–water partition coefficient (Wildman–Crippen LogP) is 0.466. The topological polar surface area (TPSA) is 92.5 Å². The van der Waals surface area contributed by atoms with Crippen molar-refractivity contribution in [3.63, 3.8) is 0 Å². The summed E-state index contributed by atoms with van der Waals surface area (Å²) < 4.78 is 29.7. The highest BCUT2D eigenvalue weighted by Crippen LogP contribution is 2.59. The second-order valence-corrected chi connectivity index (χ2v) is 7.89. The highest BCUT2D eigenvalue weighted by atomic mass is 32.2. The van der Waals surface area contributed by atoms with Gasteiger partial charge in [-0.25, -0.2) is 13.1 Å². The van der Waals surface area contributed by atoms with Crippen LogP contribution in [0.1, 0.15) is 29.8 Å². The van der Waals surface area contributed by atoms with Crippen molar-refractivity contribution < 1.29 is 17.7 Å². The fourth-order valence-electron chi connectivity index (χ4n) is 3.22. The summed E-state index contributed by atoms with van der Waals surface area (Å²) in [5.74, 6) is 0.556. The highest BCUT2D eigenvalue weighted by Gasteiger charge is 2.54. The molecule has 116 valence electrons. The van der Waals surface area contributed by atoms with Crippen LogP contribution in [0, 0.1) is 11.3 Å². The Balaban J connectivity index is 1.51. The summed E-state index contributed by atoms with van der Waals surface area (Å²) in [5.41, 5.74) is 0.218. The molecule has 1 saturated carbocycles. The van der Waals surface area contributed by atoms with E-state index in [1.165, 1.54) is 12.5 Å². The first-order valence-corrected chi connectivity index (χ1v) is 8.93. The van der Waals surface area contributed by atoms with E-state index in [-0.39, 0.29) is 17.1 Å². The number of carbonyl (C=O) groups excluding carboxylic acids is 1. The van der Waals surface area contributed by atoms with Gasteiger partial charge in [0.25, 0.3) is 5.91 Å². The van der Waals surface area contributed by atoms with E-state index in [2.05, 4.69) is 9.88 Å². The summed E-state index contributed by atoms with van der Waals surface area (Å²) >= 11 is 0. The molecule has 21 heavy (non-hydrogen) atoms. The number of sulfonamides is 1. The molecule has 1 aromatic rings. The van der Waals surface area contributed by atoms with Gasteiger partial charge in [0.15, 0.2) is 0 Å². The van der Waals surface area contributed by atoms with Crippen LogP contribution in [0.5, 0.6) is 0 Å². The van der Waals surface area contributed by atoms with Gasteiger partial charge in [-0.3, -0.25) is 4.79 Å². The lowest BCUT2D eigenvalue weighted by atomic mass is 9.90. The summed E-state index contributed by atoms with van der Waals surface area (Å²) in [6.45, 7) is 1.89. The molecule has 0 bridgehead atoms. The van der Waals surface area contributed by atoms with Crippen LogP contribution in [0.2, 0.25) is 0 Å². The van der Waals surface area contributed by atoms with Gasteiger partial charge in [0, 0.05) is 25.7 Å². The fraction of sp³-hybridized carbons (Fsp3) is 0.692. The van der Waals surface area contributed by atoms with Gasteiger partial charge < -0.3 is 9.42 Å². The Labute approximate surface area is 123 Å². The van der Waals surface area contributed by atoms with Crippen LogP contribution in [-0.2, 0) is 10.0 Å². The van der Waals surface area contributed by atoms with Crippen LogP contribution in [-0.4, -0.2) is 50.3 Å². The summed E-state index contributed by atoms with van der Waals surface area (Å²) in [4.78, 5) is 13.9. The standard InChI is InChI=1S/C13H19N3O4S/c1-21(18,19)15-9-10-8-13(10)3-6-16(7-4-13)12(17)11-2-5-14-20-11/h2,5,10,15H,3-4,6-9H2,1H3/t10-/m0/s1. The van der Waals surface area contributed by atoms with E-state index < -0.39 is 10.0 Å². The minimum atomic E-state index is -3.12. The highest BCUT2D eigenvalue weighted by molar-refractivity contribution is 7.88. The molecule has 0 radical (unpaired) electrons. The van der Waals surface area contributed by atoms with E-state index >= 15 is 0 Å². The van der Waals surface area contributed by atoms with Crippen LogP contribution in [0.15, 0.2) is 16.8 Å². The van der Waals surface area contributed by atoms with Crippen LogP contribution in [0.4, 0.5) is 0 Å². The maximum Gasteiger partial charge on any atom is 0.292 e. The molecule has 1 aromatic heterocycles. The number of likely N-dealkylation sites (tertiary alicyclic amines) is 1. The Bertz CT molecular complexity index is 618. The Morgan fingerprint density at radius 2 is 2.24 bits per heavy atom. The Morgan fingerprint density at radius 1 is 1.52 bits per heavy atom. The predicted molar refractivity (Wildman–Crippen MR) is 75.0 cm³/mol. The van der Waals surface area contributed by atoms with Gasteiger partial charge in [0.1, 0.15) is 0 Å². The molecule has 1 N–H and O–H groups in total. The largest absolute Gasteiger partial charge is 0.351 e. The van der Waals surface area contributed by atoms with Gasteiger partial charge >= 0.3 is 0 Å². The van der Waals surface area contributed by atoms with Crippen molar-refractivity contribution in [1.29, 1.82) is 0 Å². The van der Waals surface area contributed by atoms with E-state index in [4.69, 9.17) is 4.52 Å². The Hall–Kier alpha value is -1.41. The van der Waals surface area contributed by atoms with E-state index in [0.717, 1.165) is 19.3 Å². The molecule has 3 rings (SSSR count). The monoisotopic (exact) mass is 313 g/mol. The first-order valence-electron chi connectivity index (χ1n) is 7.04. The van der Waals surface area contributed by atoms with Crippen molar-refractivity contribution in [3.8, 4) is 0 Å². The molecule has 1 aliphatic heterocycles. The Kier molecular flexibility index (Phi) is 3.53. The molecule has 1 amide bonds. The third-order valence-electron chi connectivity index (χ3n) is 4.65. The molecule has 1 spiro atoms. The van der Waals surface area contributed by atoms with E-state index in [1.807, 2.05) is 0 Å². The lowest BCUT2D eigenvalue weighted by molar-refractivity contribution is 0.0628. The van der Waals surface area contributed by atoms with Gasteiger partial charge in [-0.15, -0.1) is 0 Å². The van der Waals surface area contributed by atoms with Crippen molar-refractivity contribution in [3.05, 3.63) is 18.0 Å². The molecular weight excluding hydrogens is 294 g/mol. The zero-order chi connectivity index (χ0) is 15.1. The summed E-state index contributed by atoms with van der Waals surface area (Å²) in [6.07, 6.45) is 5.53. The molecule has 8 heteroatoms. The fourth-order valence-corrected chi connectivity index (χ4v) is 3.73. The van der Waals surface area contributed by atoms with Crippen LogP contribution >= 0.6 is 0 Å². The lowest BCUT2D eigenvalue weighted by Gasteiger charge is -2.32. The Morgan fingerprint density at radius 3 is 2.81 bits per heavy atom. The van der Waals surface area contributed by atoms with Crippen molar-refractivity contribution in [2.45, 2.75) is 19.3 Å². The zero-order valence-corrected chi connectivity index (χ0v) is 12.7. The van der Waals surface area contributed by atoms with Crippen LogP contribution in [0.3, 0.4) is 0 Å². The van der Waals surface area contributed by atoms with E-state index in [0.29, 0.717) is 25.6 Å². The molecule has 1 saturated heterocycles. The summed E-state index contributed by atoms with van der Waals surface area (Å²) in [6, 6.07) is 1.57.